The second-order valence-corrected chi connectivity index (χ2v) is 9.35. The van der Waals surface area contributed by atoms with Crippen molar-refractivity contribution in [2.45, 2.75) is 18.4 Å². The summed E-state index contributed by atoms with van der Waals surface area (Å²) < 4.78 is 29.3. The van der Waals surface area contributed by atoms with Gasteiger partial charge in [0.25, 0.3) is 0 Å². The molecule has 2 aromatic carbocycles. The number of hydrogen-bond acceptors (Lipinski definition) is 6. The zero-order valence-corrected chi connectivity index (χ0v) is 17.6. The van der Waals surface area contributed by atoms with E-state index in [1.165, 1.54) is 12.1 Å². The summed E-state index contributed by atoms with van der Waals surface area (Å²) in [7, 11) is -3.43. The minimum atomic E-state index is -3.43. The highest BCUT2D eigenvalue weighted by Crippen LogP contribution is 2.21. The van der Waals surface area contributed by atoms with E-state index < -0.39 is 15.7 Å². The van der Waals surface area contributed by atoms with Gasteiger partial charge in [-0.15, -0.1) is 11.3 Å². The van der Waals surface area contributed by atoms with E-state index in [9.17, 15) is 13.2 Å². The van der Waals surface area contributed by atoms with Gasteiger partial charge in [0.15, 0.2) is 9.84 Å². The van der Waals surface area contributed by atoms with Crippen molar-refractivity contribution in [1.82, 2.24) is 4.98 Å². The molecule has 8 heteroatoms. The number of carbonyl (C=O) groups is 1. The predicted octanol–water partition coefficient (Wildman–Crippen LogP) is 4.09. The number of benzene rings is 2. The molecular weight excluding hydrogens is 408 g/mol. The van der Waals surface area contributed by atoms with Crippen molar-refractivity contribution in [2.24, 2.45) is 0 Å². The molecule has 0 aliphatic rings. The average Bonchev–Trinajstić information content (AvgIpc) is 3.10. The van der Waals surface area contributed by atoms with Crippen LogP contribution in [0.3, 0.4) is 0 Å². The van der Waals surface area contributed by atoms with Gasteiger partial charge in [0.05, 0.1) is 21.3 Å². The lowest BCUT2D eigenvalue weighted by Gasteiger charge is -2.07. The molecule has 0 fully saturated rings. The molecule has 0 atom stereocenters. The number of nitrogens with one attached hydrogen (secondary N) is 1. The zero-order valence-electron chi connectivity index (χ0n) is 16.0. The van der Waals surface area contributed by atoms with Gasteiger partial charge >= 0.3 is 0 Å². The van der Waals surface area contributed by atoms with Gasteiger partial charge in [0, 0.05) is 17.7 Å². The van der Waals surface area contributed by atoms with E-state index in [2.05, 4.69) is 10.3 Å². The molecule has 0 saturated heterocycles. The van der Waals surface area contributed by atoms with Crippen molar-refractivity contribution in [2.75, 3.05) is 11.6 Å². The van der Waals surface area contributed by atoms with Crippen LogP contribution in [0.1, 0.15) is 16.3 Å². The van der Waals surface area contributed by atoms with Crippen molar-refractivity contribution in [3.8, 4) is 5.75 Å². The predicted molar refractivity (Wildman–Crippen MR) is 115 cm³/mol. The van der Waals surface area contributed by atoms with E-state index in [0.717, 1.165) is 22.5 Å². The molecule has 0 saturated carbocycles. The van der Waals surface area contributed by atoms with Crippen LogP contribution in [-0.4, -0.2) is 25.6 Å². The minimum absolute atomic E-state index is 0.0820. The molecule has 1 N–H and O–H groups in total. The van der Waals surface area contributed by atoms with Crippen molar-refractivity contribution in [3.63, 3.8) is 0 Å². The number of carbonyl (C=O) groups excluding carboxylic acids is 1. The smallest absolute Gasteiger partial charge is 0.248 e. The van der Waals surface area contributed by atoms with Gasteiger partial charge in [-0.05, 0) is 42.8 Å². The van der Waals surface area contributed by atoms with E-state index in [-0.39, 0.29) is 10.6 Å². The van der Waals surface area contributed by atoms with Crippen molar-refractivity contribution in [1.29, 1.82) is 0 Å². The average molecular weight is 429 g/mol. The first-order valence-electron chi connectivity index (χ1n) is 8.73. The van der Waals surface area contributed by atoms with Crippen molar-refractivity contribution < 1.29 is 17.9 Å². The fraction of sp³-hybridized carbons (Fsp3) is 0.143. The normalized spacial score (nSPS) is 11.5. The van der Waals surface area contributed by atoms with Crippen LogP contribution in [0.15, 0.2) is 64.9 Å². The number of thiazole rings is 1. The number of aromatic nitrogens is 1. The standard InChI is InChI=1S/C21H20N2O4S2/c1-15-22-17(14-28-15)13-27-18-10-7-16(8-11-18)9-12-21(24)23-19-5-3-4-6-20(19)29(2,25)26/h3-12,14H,13H2,1-2H3,(H,23,24)/b12-9+. The molecule has 29 heavy (non-hydrogen) atoms. The van der Waals surface area contributed by atoms with Crippen LogP contribution < -0.4 is 10.1 Å². The molecule has 0 aliphatic carbocycles. The van der Waals surface area contributed by atoms with Gasteiger partial charge in [-0.25, -0.2) is 13.4 Å². The van der Waals surface area contributed by atoms with Crippen LogP contribution in [0.25, 0.3) is 6.08 Å². The molecular formula is C21H20N2O4S2. The summed E-state index contributed by atoms with van der Waals surface area (Å²) in [6.07, 6.45) is 4.10. The van der Waals surface area contributed by atoms with Gasteiger partial charge in [-0.1, -0.05) is 24.3 Å². The number of para-hydroxylation sites is 1. The fourth-order valence-electron chi connectivity index (χ4n) is 2.55. The Balaban J connectivity index is 1.59. The Bertz CT molecular complexity index is 1130. The largest absolute Gasteiger partial charge is 0.487 e. The molecule has 0 spiro atoms. The highest BCUT2D eigenvalue weighted by atomic mass is 32.2. The maximum Gasteiger partial charge on any atom is 0.248 e. The molecule has 1 heterocycles. The Hall–Kier alpha value is -2.97. The van der Waals surface area contributed by atoms with Crippen molar-refractivity contribution >= 4 is 38.8 Å². The van der Waals surface area contributed by atoms with Crippen LogP contribution >= 0.6 is 11.3 Å². The van der Waals surface area contributed by atoms with Crippen LogP contribution in [0.2, 0.25) is 0 Å². The third-order valence-electron chi connectivity index (χ3n) is 3.90. The first-order valence-corrected chi connectivity index (χ1v) is 11.5. The Morgan fingerprint density at radius 3 is 2.55 bits per heavy atom. The summed E-state index contributed by atoms with van der Waals surface area (Å²) in [6.45, 7) is 2.35. The summed E-state index contributed by atoms with van der Waals surface area (Å²) in [5.74, 6) is 0.291. The first kappa shape index (κ1) is 20.8. The van der Waals surface area contributed by atoms with Crippen LogP contribution in [0.5, 0.6) is 5.75 Å². The number of aryl methyl sites for hydroxylation is 1. The molecule has 1 amide bonds. The second-order valence-electron chi connectivity index (χ2n) is 6.31. The number of sulfone groups is 1. The SMILES string of the molecule is Cc1nc(COc2ccc(/C=C/C(=O)Nc3ccccc3S(C)(=O)=O)cc2)cs1. The lowest BCUT2D eigenvalue weighted by molar-refractivity contribution is -0.111. The third kappa shape index (κ3) is 6.00. The van der Waals surface area contributed by atoms with Gasteiger partial charge in [-0.2, -0.15) is 0 Å². The maximum atomic E-state index is 12.2. The molecule has 1 aromatic heterocycles. The quantitative estimate of drug-likeness (QED) is 0.573. The minimum Gasteiger partial charge on any atom is -0.487 e. The van der Waals surface area contributed by atoms with Crippen LogP contribution in [0, 0.1) is 6.92 Å². The summed E-state index contributed by atoms with van der Waals surface area (Å²) >= 11 is 1.58. The lowest BCUT2D eigenvalue weighted by atomic mass is 10.2. The van der Waals surface area contributed by atoms with Crippen LogP contribution in [-0.2, 0) is 21.2 Å². The monoisotopic (exact) mass is 428 g/mol. The van der Waals surface area contributed by atoms with E-state index in [4.69, 9.17) is 4.74 Å². The summed E-state index contributed by atoms with van der Waals surface area (Å²) in [4.78, 5) is 16.6. The summed E-state index contributed by atoms with van der Waals surface area (Å²) in [5, 5.41) is 5.57. The molecule has 0 aliphatic heterocycles. The number of nitrogens with zero attached hydrogens (tertiary/aromatic N) is 1. The maximum absolute atomic E-state index is 12.2. The summed E-state index contributed by atoms with van der Waals surface area (Å²) in [6, 6.07) is 13.6. The van der Waals surface area contributed by atoms with Crippen molar-refractivity contribution in [3.05, 3.63) is 76.3 Å². The highest BCUT2D eigenvalue weighted by Gasteiger charge is 2.13. The Morgan fingerprint density at radius 1 is 1.17 bits per heavy atom. The third-order valence-corrected chi connectivity index (χ3v) is 5.88. The molecule has 0 unspecified atom stereocenters. The topological polar surface area (TPSA) is 85.4 Å². The first-order chi connectivity index (χ1) is 13.8. The molecule has 0 radical (unpaired) electrons. The number of rotatable bonds is 7. The van der Waals surface area contributed by atoms with Gasteiger partial charge in [-0.3, -0.25) is 4.79 Å². The second kappa shape index (κ2) is 9.02. The number of hydrogen-bond donors (Lipinski definition) is 1. The Morgan fingerprint density at radius 2 is 1.90 bits per heavy atom. The molecule has 6 nitrogen and oxygen atoms in total. The highest BCUT2D eigenvalue weighted by molar-refractivity contribution is 7.90. The molecule has 150 valence electrons. The Labute approximate surface area is 173 Å². The zero-order chi connectivity index (χ0) is 20.9. The number of anilines is 1. The lowest BCUT2D eigenvalue weighted by Crippen LogP contribution is -2.11. The fourth-order valence-corrected chi connectivity index (χ4v) is 3.99. The van der Waals surface area contributed by atoms with Gasteiger partial charge in [0.1, 0.15) is 12.4 Å². The van der Waals surface area contributed by atoms with E-state index in [1.54, 1.807) is 35.6 Å². The molecule has 3 aromatic rings. The van der Waals surface area contributed by atoms with Gasteiger partial charge < -0.3 is 10.1 Å². The number of amides is 1. The molecule has 0 bridgehead atoms. The Kier molecular flexibility index (Phi) is 6.46. The number of ether oxygens (including phenoxy) is 1. The van der Waals surface area contributed by atoms with E-state index >= 15 is 0 Å². The van der Waals surface area contributed by atoms with Crippen LogP contribution in [0.4, 0.5) is 5.69 Å². The van der Waals surface area contributed by atoms with E-state index in [1.807, 2.05) is 36.6 Å². The van der Waals surface area contributed by atoms with Gasteiger partial charge in [0.2, 0.25) is 5.91 Å². The van der Waals surface area contributed by atoms with E-state index in [0.29, 0.717) is 12.4 Å². The molecule has 3 rings (SSSR count). The summed E-state index contributed by atoms with van der Waals surface area (Å²) in [5.41, 5.74) is 1.96.